The van der Waals surface area contributed by atoms with Gasteiger partial charge in [-0.25, -0.2) is 0 Å². The van der Waals surface area contributed by atoms with E-state index in [0.29, 0.717) is 0 Å². The van der Waals surface area contributed by atoms with Crippen LogP contribution >= 0.6 is 0 Å². The Kier molecular flexibility index (Phi) is 4.59. The van der Waals surface area contributed by atoms with Crippen molar-refractivity contribution in [1.82, 2.24) is 0 Å². The summed E-state index contributed by atoms with van der Waals surface area (Å²) >= 11 is 0. The van der Waals surface area contributed by atoms with Gasteiger partial charge in [0.25, 0.3) is 8.32 Å². The van der Waals surface area contributed by atoms with Crippen molar-refractivity contribution in [2.75, 3.05) is 0 Å². The van der Waals surface area contributed by atoms with E-state index in [4.69, 9.17) is 4.43 Å². The number of benzene rings is 2. The molecule has 0 aliphatic rings. The van der Waals surface area contributed by atoms with Gasteiger partial charge in [-0.15, -0.1) is 0 Å². The zero-order valence-corrected chi connectivity index (χ0v) is 13.0. The first-order chi connectivity index (χ1) is 9.63. The molecule has 0 N–H and O–H groups in total. The average Bonchev–Trinajstić information content (AvgIpc) is 2.48. The first-order valence-corrected chi connectivity index (χ1v) is 9.67. The molecule has 0 unspecified atom stereocenters. The first kappa shape index (κ1) is 14.3. The molecule has 0 bridgehead atoms. The Labute approximate surface area is 122 Å². The van der Waals surface area contributed by atoms with E-state index in [-0.39, 0.29) is 0 Å². The summed E-state index contributed by atoms with van der Waals surface area (Å²) in [5.74, 6) is 0.890. The SMILES string of the molecule is C=C/C=C(\O[Si](C)(C)c1ccccc1)c1ccccc1. The van der Waals surface area contributed by atoms with Gasteiger partial charge in [0.2, 0.25) is 0 Å². The van der Waals surface area contributed by atoms with Crippen LogP contribution in [-0.2, 0) is 4.43 Å². The van der Waals surface area contributed by atoms with Crippen molar-refractivity contribution in [3.05, 3.63) is 85.0 Å². The van der Waals surface area contributed by atoms with Crippen molar-refractivity contribution in [1.29, 1.82) is 0 Å². The topological polar surface area (TPSA) is 9.23 Å². The third-order valence-electron chi connectivity index (χ3n) is 3.16. The van der Waals surface area contributed by atoms with Crippen molar-refractivity contribution in [3.8, 4) is 0 Å². The Bertz CT molecular complexity index is 585. The summed E-state index contributed by atoms with van der Waals surface area (Å²) < 4.78 is 6.38. The molecule has 2 rings (SSSR count). The number of hydrogen-bond donors (Lipinski definition) is 0. The maximum atomic E-state index is 6.38. The Morgan fingerprint density at radius 3 is 2.05 bits per heavy atom. The normalized spacial score (nSPS) is 12.0. The summed E-state index contributed by atoms with van der Waals surface area (Å²) in [4.78, 5) is 0. The average molecular weight is 280 g/mol. The van der Waals surface area contributed by atoms with Crippen LogP contribution in [0.4, 0.5) is 0 Å². The largest absolute Gasteiger partial charge is 0.539 e. The van der Waals surface area contributed by atoms with E-state index >= 15 is 0 Å². The summed E-state index contributed by atoms with van der Waals surface area (Å²) in [6, 6.07) is 20.6. The molecule has 0 atom stereocenters. The molecule has 0 saturated carbocycles. The summed E-state index contributed by atoms with van der Waals surface area (Å²) in [6.45, 7) is 8.21. The highest BCUT2D eigenvalue weighted by atomic mass is 28.4. The smallest absolute Gasteiger partial charge is 0.276 e. The quantitative estimate of drug-likeness (QED) is 0.450. The fourth-order valence-electron chi connectivity index (χ4n) is 2.07. The lowest BCUT2D eigenvalue weighted by atomic mass is 10.2. The van der Waals surface area contributed by atoms with Crippen LogP contribution < -0.4 is 5.19 Å². The minimum absolute atomic E-state index is 0.890. The molecule has 20 heavy (non-hydrogen) atoms. The Balaban J connectivity index is 2.30. The van der Waals surface area contributed by atoms with E-state index in [2.05, 4.69) is 56.1 Å². The highest BCUT2D eigenvalue weighted by Gasteiger charge is 2.28. The number of hydrogen-bond acceptors (Lipinski definition) is 1. The molecule has 0 heterocycles. The monoisotopic (exact) mass is 280 g/mol. The molecular formula is C18H20OSi. The first-order valence-electron chi connectivity index (χ1n) is 6.76. The van der Waals surface area contributed by atoms with Gasteiger partial charge < -0.3 is 4.43 Å². The Hall–Kier alpha value is -2.06. The van der Waals surface area contributed by atoms with Crippen molar-refractivity contribution < 1.29 is 4.43 Å². The Morgan fingerprint density at radius 1 is 0.950 bits per heavy atom. The molecule has 2 aromatic rings. The van der Waals surface area contributed by atoms with Crippen LogP contribution in [0, 0.1) is 0 Å². The molecule has 0 aromatic heterocycles. The molecule has 0 saturated heterocycles. The Morgan fingerprint density at radius 2 is 1.50 bits per heavy atom. The van der Waals surface area contributed by atoms with Crippen molar-refractivity contribution in [2.24, 2.45) is 0 Å². The van der Waals surface area contributed by atoms with E-state index in [1.807, 2.05) is 30.3 Å². The number of allylic oxidation sites excluding steroid dienone is 2. The van der Waals surface area contributed by atoms with Crippen molar-refractivity contribution in [3.63, 3.8) is 0 Å². The molecule has 0 radical (unpaired) electrons. The van der Waals surface area contributed by atoms with Crippen LogP contribution in [0.1, 0.15) is 5.56 Å². The summed E-state index contributed by atoms with van der Waals surface area (Å²) in [6.07, 6.45) is 3.71. The highest BCUT2D eigenvalue weighted by molar-refractivity contribution is 6.85. The van der Waals surface area contributed by atoms with E-state index in [1.54, 1.807) is 6.08 Å². The molecule has 0 amide bonds. The van der Waals surface area contributed by atoms with Crippen LogP contribution in [0.15, 0.2) is 79.4 Å². The van der Waals surface area contributed by atoms with E-state index < -0.39 is 8.32 Å². The van der Waals surface area contributed by atoms with Crippen molar-refractivity contribution in [2.45, 2.75) is 13.1 Å². The molecule has 0 aliphatic carbocycles. The minimum Gasteiger partial charge on any atom is -0.539 e. The predicted octanol–water partition coefficient (Wildman–Crippen LogP) is 4.34. The third-order valence-corrected chi connectivity index (χ3v) is 5.62. The van der Waals surface area contributed by atoms with Gasteiger partial charge in [0.05, 0.1) is 0 Å². The second kappa shape index (κ2) is 6.39. The summed E-state index contributed by atoms with van der Waals surface area (Å²) in [7, 11) is -1.98. The molecule has 2 heteroatoms. The van der Waals surface area contributed by atoms with E-state index in [0.717, 1.165) is 11.3 Å². The van der Waals surface area contributed by atoms with Crippen molar-refractivity contribution >= 4 is 19.3 Å². The van der Waals surface area contributed by atoms with Crippen LogP contribution in [0.3, 0.4) is 0 Å². The molecule has 102 valence electrons. The molecule has 0 spiro atoms. The van der Waals surface area contributed by atoms with Gasteiger partial charge in [-0.3, -0.25) is 0 Å². The minimum atomic E-state index is -1.98. The van der Waals surface area contributed by atoms with Gasteiger partial charge in [0.1, 0.15) is 5.76 Å². The second-order valence-corrected chi connectivity index (χ2v) is 8.91. The molecular weight excluding hydrogens is 260 g/mol. The maximum Gasteiger partial charge on any atom is 0.276 e. The molecule has 0 aliphatic heterocycles. The van der Waals surface area contributed by atoms with Crippen LogP contribution in [0.25, 0.3) is 5.76 Å². The zero-order chi connectivity index (χ0) is 14.4. The van der Waals surface area contributed by atoms with Gasteiger partial charge in [-0.2, -0.15) is 0 Å². The van der Waals surface area contributed by atoms with Gasteiger partial charge in [0, 0.05) is 5.56 Å². The summed E-state index contributed by atoms with van der Waals surface area (Å²) in [5, 5.41) is 1.28. The lowest BCUT2D eigenvalue weighted by Crippen LogP contribution is -2.44. The van der Waals surface area contributed by atoms with Crippen LogP contribution in [-0.4, -0.2) is 8.32 Å². The number of rotatable bonds is 5. The predicted molar refractivity (Wildman–Crippen MR) is 89.3 cm³/mol. The van der Waals surface area contributed by atoms with Crippen LogP contribution in [0.2, 0.25) is 13.1 Å². The van der Waals surface area contributed by atoms with E-state index in [1.165, 1.54) is 5.19 Å². The standard InChI is InChI=1S/C18H20OSi/c1-4-11-18(16-12-7-5-8-13-16)19-20(2,3)17-14-9-6-10-15-17/h4-15H,1H2,2-3H3/b18-11-. The fourth-order valence-corrected chi connectivity index (χ4v) is 3.92. The third kappa shape index (κ3) is 3.49. The molecule has 0 fully saturated rings. The van der Waals surface area contributed by atoms with E-state index in [9.17, 15) is 0 Å². The van der Waals surface area contributed by atoms with Gasteiger partial charge in [-0.05, 0) is 24.4 Å². The lowest BCUT2D eigenvalue weighted by Gasteiger charge is -2.26. The molecule has 2 aromatic carbocycles. The van der Waals surface area contributed by atoms with Gasteiger partial charge in [0.15, 0.2) is 0 Å². The zero-order valence-electron chi connectivity index (χ0n) is 12.0. The van der Waals surface area contributed by atoms with Crippen LogP contribution in [0.5, 0.6) is 0 Å². The van der Waals surface area contributed by atoms with Gasteiger partial charge >= 0.3 is 0 Å². The van der Waals surface area contributed by atoms with Gasteiger partial charge in [-0.1, -0.05) is 73.3 Å². The second-order valence-electron chi connectivity index (χ2n) is 5.11. The lowest BCUT2D eigenvalue weighted by molar-refractivity contribution is 0.521. The summed E-state index contributed by atoms with van der Waals surface area (Å²) in [5.41, 5.74) is 1.09. The molecule has 1 nitrogen and oxygen atoms in total. The maximum absolute atomic E-state index is 6.38. The highest BCUT2D eigenvalue weighted by Crippen LogP contribution is 2.21. The fraction of sp³-hybridized carbons (Fsp3) is 0.111.